The molecule has 0 radical (unpaired) electrons. The lowest BCUT2D eigenvalue weighted by molar-refractivity contribution is 0.0856. The molecule has 1 unspecified atom stereocenters. The maximum atomic E-state index is 13.4. The van der Waals surface area contributed by atoms with Gasteiger partial charge in [-0.2, -0.15) is 0 Å². The zero-order chi connectivity index (χ0) is 22.9. The van der Waals surface area contributed by atoms with Crippen molar-refractivity contribution >= 4 is 22.6 Å². The molecule has 9 nitrogen and oxygen atoms in total. The normalized spacial score (nSPS) is 15.8. The molecule has 33 heavy (non-hydrogen) atoms. The first kappa shape index (κ1) is 21.0. The van der Waals surface area contributed by atoms with E-state index < -0.39 is 5.91 Å². The maximum absolute atomic E-state index is 13.4. The first-order chi connectivity index (χ1) is 16.0. The lowest BCUT2D eigenvalue weighted by atomic mass is 10.1. The standard InChI is InChI=1S/C24H24N6O3/c1-15-6-7-20-28-22-19(24(32)29(20)13-15)10-18(23(31)27-12-17-5-3-9-33-17)21(25)30(22)14-16-4-2-8-26-11-16/h2,4,6-8,10-11,13,17,25H,3,5,9,12,14H2,1H3,(H,27,31). The number of carbonyl (C=O) groups is 1. The number of rotatable bonds is 5. The monoisotopic (exact) mass is 444 g/mol. The van der Waals surface area contributed by atoms with Gasteiger partial charge in [0.25, 0.3) is 11.5 Å². The number of amides is 1. The van der Waals surface area contributed by atoms with Gasteiger partial charge in [0.05, 0.1) is 23.6 Å². The Morgan fingerprint density at radius 2 is 2.21 bits per heavy atom. The Morgan fingerprint density at radius 3 is 2.97 bits per heavy atom. The zero-order valence-electron chi connectivity index (χ0n) is 18.2. The highest BCUT2D eigenvalue weighted by Crippen LogP contribution is 2.14. The minimum atomic E-state index is -0.411. The Labute approximate surface area is 189 Å². The Bertz CT molecular complexity index is 1470. The van der Waals surface area contributed by atoms with E-state index >= 15 is 0 Å². The van der Waals surface area contributed by atoms with Crippen molar-refractivity contribution in [3.05, 3.63) is 81.5 Å². The summed E-state index contributed by atoms with van der Waals surface area (Å²) in [5.74, 6) is -0.411. The lowest BCUT2D eigenvalue weighted by Gasteiger charge is -2.16. The Hall–Kier alpha value is -3.85. The molecule has 0 aromatic carbocycles. The summed E-state index contributed by atoms with van der Waals surface area (Å²) in [6.45, 7) is 3.22. The number of hydrogen-bond acceptors (Lipinski definition) is 6. The molecule has 4 aromatic heterocycles. The van der Waals surface area contributed by atoms with E-state index in [4.69, 9.17) is 10.1 Å². The van der Waals surface area contributed by atoms with E-state index in [1.807, 2.05) is 19.1 Å². The van der Waals surface area contributed by atoms with Crippen LogP contribution >= 0.6 is 0 Å². The molecule has 1 aliphatic rings. The quantitative estimate of drug-likeness (QED) is 0.456. The zero-order valence-corrected chi connectivity index (χ0v) is 18.2. The van der Waals surface area contributed by atoms with Crippen LogP contribution in [0.5, 0.6) is 0 Å². The molecule has 0 saturated carbocycles. The summed E-state index contributed by atoms with van der Waals surface area (Å²) in [6, 6.07) is 8.82. The number of nitrogens with zero attached hydrogens (tertiary/aromatic N) is 4. The molecule has 0 bridgehead atoms. The van der Waals surface area contributed by atoms with E-state index in [2.05, 4.69) is 15.3 Å². The van der Waals surface area contributed by atoms with E-state index in [1.54, 1.807) is 35.3 Å². The number of aromatic nitrogens is 4. The fraction of sp³-hybridized carbons (Fsp3) is 0.292. The lowest BCUT2D eigenvalue weighted by Crippen LogP contribution is -2.38. The van der Waals surface area contributed by atoms with Crippen LogP contribution in [0.2, 0.25) is 0 Å². The molecular formula is C24H24N6O3. The molecule has 0 spiro atoms. The number of fused-ring (bicyclic) bond motifs is 2. The number of aryl methyl sites for hydroxylation is 1. The van der Waals surface area contributed by atoms with Crippen LogP contribution in [0.15, 0.2) is 53.7 Å². The van der Waals surface area contributed by atoms with E-state index in [0.717, 1.165) is 24.0 Å². The molecule has 5 heterocycles. The third kappa shape index (κ3) is 4.03. The van der Waals surface area contributed by atoms with Crippen LogP contribution < -0.4 is 16.4 Å². The van der Waals surface area contributed by atoms with E-state index in [0.29, 0.717) is 24.4 Å². The van der Waals surface area contributed by atoms with Crippen LogP contribution in [0, 0.1) is 12.3 Å². The fourth-order valence-electron chi connectivity index (χ4n) is 4.15. The van der Waals surface area contributed by atoms with Gasteiger partial charge in [0, 0.05) is 31.7 Å². The maximum Gasteiger partial charge on any atom is 0.267 e. The molecule has 0 aliphatic carbocycles. The Balaban J connectivity index is 1.68. The average Bonchev–Trinajstić information content (AvgIpc) is 3.34. The van der Waals surface area contributed by atoms with Gasteiger partial charge in [-0.3, -0.25) is 24.4 Å². The van der Waals surface area contributed by atoms with Crippen molar-refractivity contribution in [3.8, 4) is 0 Å². The fourth-order valence-corrected chi connectivity index (χ4v) is 4.15. The van der Waals surface area contributed by atoms with Gasteiger partial charge in [-0.25, -0.2) is 4.98 Å². The molecule has 1 aliphatic heterocycles. The summed E-state index contributed by atoms with van der Waals surface area (Å²) in [5, 5.41) is 12.0. The van der Waals surface area contributed by atoms with Gasteiger partial charge in [-0.05, 0) is 49.1 Å². The summed E-state index contributed by atoms with van der Waals surface area (Å²) in [6.07, 6.45) is 6.93. The Kier molecular flexibility index (Phi) is 5.47. The van der Waals surface area contributed by atoms with Crippen LogP contribution in [0.4, 0.5) is 0 Å². The SMILES string of the molecule is Cc1ccc2nc3c(cc(C(=O)NCC4CCCO4)c(=N)n3Cc3cccnc3)c(=O)n2c1. The van der Waals surface area contributed by atoms with E-state index in [1.165, 1.54) is 10.5 Å². The van der Waals surface area contributed by atoms with E-state index in [9.17, 15) is 9.59 Å². The molecule has 2 N–H and O–H groups in total. The van der Waals surface area contributed by atoms with Gasteiger partial charge >= 0.3 is 0 Å². The average molecular weight is 444 g/mol. The number of pyridine rings is 3. The predicted octanol–water partition coefficient (Wildman–Crippen LogP) is 1.79. The van der Waals surface area contributed by atoms with Gasteiger partial charge in [-0.15, -0.1) is 0 Å². The second kappa shape index (κ2) is 8.59. The van der Waals surface area contributed by atoms with Crippen LogP contribution in [-0.4, -0.2) is 44.1 Å². The van der Waals surface area contributed by atoms with Crippen LogP contribution in [0.3, 0.4) is 0 Å². The molecule has 1 fully saturated rings. The third-order valence-corrected chi connectivity index (χ3v) is 5.88. The summed E-state index contributed by atoms with van der Waals surface area (Å²) in [4.78, 5) is 35.3. The topological polar surface area (TPSA) is 114 Å². The third-order valence-electron chi connectivity index (χ3n) is 5.88. The number of nitrogens with one attached hydrogen (secondary N) is 2. The van der Waals surface area contributed by atoms with Gasteiger partial charge in [-0.1, -0.05) is 12.1 Å². The minimum Gasteiger partial charge on any atom is -0.376 e. The smallest absolute Gasteiger partial charge is 0.267 e. The molecular weight excluding hydrogens is 420 g/mol. The molecule has 1 saturated heterocycles. The highest BCUT2D eigenvalue weighted by atomic mass is 16.5. The van der Waals surface area contributed by atoms with Crippen molar-refractivity contribution in [2.75, 3.05) is 13.2 Å². The summed E-state index contributed by atoms with van der Waals surface area (Å²) < 4.78 is 8.65. The predicted molar refractivity (Wildman–Crippen MR) is 122 cm³/mol. The number of hydrogen-bond donors (Lipinski definition) is 2. The van der Waals surface area contributed by atoms with Crippen LogP contribution in [-0.2, 0) is 11.3 Å². The summed E-state index contributed by atoms with van der Waals surface area (Å²) >= 11 is 0. The highest BCUT2D eigenvalue weighted by molar-refractivity contribution is 5.96. The minimum absolute atomic E-state index is 0.0143. The number of ether oxygens (including phenoxy) is 1. The van der Waals surface area contributed by atoms with Gasteiger partial charge in [0.15, 0.2) is 0 Å². The van der Waals surface area contributed by atoms with Gasteiger partial charge in [0.2, 0.25) is 0 Å². The van der Waals surface area contributed by atoms with Gasteiger partial charge < -0.3 is 14.6 Å². The van der Waals surface area contributed by atoms with Crippen molar-refractivity contribution in [1.82, 2.24) is 24.3 Å². The molecule has 4 aromatic rings. The first-order valence-corrected chi connectivity index (χ1v) is 10.9. The first-order valence-electron chi connectivity index (χ1n) is 10.9. The molecule has 1 atom stereocenters. The van der Waals surface area contributed by atoms with Crippen molar-refractivity contribution in [2.24, 2.45) is 0 Å². The van der Waals surface area contributed by atoms with Crippen LogP contribution in [0.1, 0.15) is 34.3 Å². The van der Waals surface area contributed by atoms with Crippen LogP contribution in [0.25, 0.3) is 16.7 Å². The summed E-state index contributed by atoms with van der Waals surface area (Å²) in [5.41, 5.74) is 2.41. The van der Waals surface area contributed by atoms with Gasteiger partial charge in [0.1, 0.15) is 16.8 Å². The van der Waals surface area contributed by atoms with Crippen molar-refractivity contribution < 1.29 is 9.53 Å². The molecule has 1 amide bonds. The van der Waals surface area contributed by atoms with Crippen molar-refractivity contribution in [2.45, 2.75) is 32.4 Å². The highest BCUT2D eigenvalue weighted by Gasteiger charge is 2.20. The Morgan fingerprint density at radius 1 is 1.33 bits per heavy atom. The molecule has 9 heteroatoms. The summed E-state index contributed by atoms with van der Waals surface area (Å²) in [7, 11) is 0. The second-order valence-electron chi connectivity index (χ2n) is 8.29. The number of carbonyl (C=O) groups excluding carboxylic acids is 1. The largest absolute Gasteiger partial charge is 0.376 e. The molecule has 5 rings (SSSR count). The van der Waals surface area contributed by atoms with Crippen molar-refractivity contribution in [3.63, 3.8) is 0 Å². The van der Waals surface area contributed by atoms with Crippen molar-refractivity contribution in [1.29, 1.82) is 5.41 Å². The molecule has 168 valence electrons. The second-order valence-corrected chi connectivity index (χ2v) is 8.29. The van der Waals surface area contributed by atoms with E-state index in [-0.39, 0.29) is 34.6 Å².